The molecule has 0 aliphatic rings. The second kappa shape index (κ2) is 9.22. The minimum atomic E-state index is -0.615. The Hall–Kier alpha value is -2.57. The van der Waals surface area contributed by atoms with E-state index in [0.29, 0.717) is 22.0 Å². The molecule has 0 atom stereocenters. The van der Waals surface area contributed by atoms with E-state index in [1.807, 2.05) is 0 Å². The van der Waals surface area contributed by atoms with Gasteiger partial charge in [-0.3, -0.25) is 4.79 Å². The van der Waals surface area contributed by atoms with Crippen molar-refractivity contribution in [3.8, 4) is 0 Å². The molecular weight excluding hydrogens is 377 g/mol. The summed E-state index contributed by atoms with van der Waals surface area (Å²) in [5.41, 5.74) is 4.59. The third-order valence-corrected chi connectivity index (χ3v) is 3.87. The molecule has 26 heavy (non-hydrogen) atoms. The Morgan fingerprint density at radius 2 is 1.81 bits per heavy atom. The average molecular weight is 394 g/mol. The molecule has 6 nitrogen and oxygen atoms in total. The van der Waals surface area contributed by atoms with Crippen LogP contribution in [0.1, 0.15) is 29.8 Å². The number of anilines is 1. The number of carbonyl (C=O) groups is 2. The van der Waals surface area contributed by atoms with Crippen LogP contribution in [0.4, 0.5) is 10.5 Å². The number of nitrogens with one attached hydrogen (secondary N) is 2. The number of amides is 2. The van der Waals surface area contributed by atoms with Gasteiger partial charge in [-0.05, 0) is 49.7 Å². The van der Waals surface area contributed by atoms with Crippen LogP contribution in [0.3, 0.4) is 0 Å². The predicted octanol–water partition coefficient (Wildman–Crippen LogP) is 4.72. The molecule has 0 radical (unpaired) electrons. The first kappa shape index (κ1) is 19.8. The SMILES string of the molecule is CCOC(=O)N/N=C(\C)c1ccc(NC(=O)c2ccc(Cl)cc2Cl)cc1. The summed E-state index contributed by atoms with van der Waals surface area (Å²) in [4.78, 5) is 23.5. The summed E-state index contributed by atoms with van der Waals surface area (Å²) in [5, 5.41) is 7.44. The van der Waals surface area contributed by atoms with Crippen LogP contribution in [-0.4, -0.2) is 24.3 Å². The molecule has 136 valence electrons. The summed E-state index contributed by atoms with van der Waals surface area (Å²) >= 11 is 11.9. The van der Waals surface area contributed by atoms with E-state index in [1.54, 1.807) is 50.2 Å². The van der Waals surface area contributed by atoms with E-state index in [2.05, 4.69) is 15.8 Å². The number of rotatable bonds is 5. The minimum absolute atomic E-state index is 0.270. The number of hydrogen-bond acceptors (Lipinski definition) is 4. The van der Waals surface area contributed by atoms with Gasteiger partial charge in [0.15, 0.2) is 0 Å². The maximum absolute atomic E-state index is 12.3. The van der Waals surface area contributed by atoms with E-state index in [0.717, 1.165) is 5.56 Å². The normalized spacial score (nSPS) is 11.0. The van der Waals surface area contributed by atoms with Gasteiger partial charge < -0.3 is 10.1 Å². The molecule has 0 saturated heterocycles. The second-order valence-corrected chi connectivity index (χ2v) is 6.03. The lowest BCUT2D eigenvalue weighted by Gasteiger charge is -2.08. The van der Waals surface area contributed by atoms with E-state index in [-0.39, 0.29) is 17.5 Å². The summed E-state index contributed by atoms with van der Waals surface area (Å²) in [6, 6.07) is 11.7. The number of hydrogen-bond donors (Lipinski definition) is 2. The van der Waals surface area contributed by atoms with Gasteiger partial charge >= 0.3 is 6.09 Å². The Balaban J connectivity index is 2.03. The number of nitrogens with zero attached hydrogens (tertiary/aromatic N) is 1. The average Bonchev–Trinajstić information content (AvgIpc) is 2.60. The monoisotopic (exact) mass is 393 g/mol. The number of hydrazone groups is 1. The van der Waals surface area contributed by atoms with Gasteiger partial charge in [0.05, 0.1) is 22.9 Å². The van der Waals surface area contributed by atoms with E-state index < -0.39 is 6.09 Å². The van der Waals surface area contributed by atoms with Gasteiger partial charge in [0.2, 0.25) is 0 Å². The molecule has 0 aliphatic carbocycles. The van der Waals surface area contributed by atoms with Gasteiger partial charge in [0.1, 0.15) is 0 Å². The summed E-state index contributed by atoms with van der Waals surface area (Å²) in [5.74, 6) is -0.339. The fourth-order valence-corrected chi connectivity index (χ4v) is 2.52. The van der Waals surface area contributed by atoms with Gasteiger partial charge in [-0.15, -0.1) is 0 Å². The molecule has 2 aromatic carbocycles. The number of ether oxygens (including phenoxy) is 1. The van der Waals surface area contributed by atoms with Gasteiger partial charge in [0, 0.05) is 10.7 Å². The predicted molar refractivity (Wildman–Crippen MR) is 103 cm³/mol. The summed E-state index contributed by atoms with van der Waals surface area (Å²) in [6.07, 6.45) is -0.615. The molecule has 0 aromatic heterocycles. The standard InChI is InChI=1S/C18H17Cl2N3O3/c1-3-26-18(25)23-22-11(2)12-4-7-14(8-5-12)21-17(24)15-9-6-13(19)10-16(15)20/h4-10H,3H2,1-2H3,(H,21,24)(H,23,25)/b22-11+. The molecule has 2 rings (SSSR count). The van der Waals surface area contributed by atoms with Gasteiger partial charge in [-0.25, -0.2) is 10.2 Å². The summed E-state index contributed by atoms with van der Waals surface area (Å²) in [7, 11) is 0. The van der Waals surface area contributed by atoms with E-state index in [4.69, 9.17) is 27.9 Å². The second-order valence-electron chi connectivity index (χ2n) is 5.19. The van der Waals surface area contributed by atoms with E-state index >= 15 is 0 Å². The molecule has 0 heterocycles. The van der Waals surface area contributed by atoms with Crippen LogP contribution >= 0.6 is 23.2 Å². The van der Waals surface area contributed by atoms with Crippen LogP contribution in [-0.2, 0) is 4.74 Å². The lowest BCUT2D eigenvalue weighted by atomic mass is 10.1. The molecule has 0 saturated carbocycles. The summed E-state index contributed by atoms with van der Waals surface area (Å²) in [6.45, 7) is 3.72. The van der Waals surface area contributed by atoms with Crippen molar-refractivity contribution in [2.45, 2.75) is 13.8 Å². The zero-order chi connectivity index (χ0) is 19.1. The van der Waals surface area contributed by atoms with Gasteiger partial charge in [-0.1, -0.05) is 35.3 Å². The number of halogens is 2. The Morgan fingerprint density at radius 1 is 1.12 bits per heavy atom. The first-order valence-electron chi connectivity index (χ1n) is 7.74. The maximum Gasteiger partial charge on any atom is 0.427 e. The topological polar surface area (TPSA) is 79.8 Å². The minimum Gasteiger partial charge on any atom is -0.449 e. The highest BCUT2D eigenvalue weighted by Crippen LogP contribution is 2.22. The first-order chi connectivity index (χ1) is 12.4. The van der Waals surface area contributed by atoms with Crippen LogP contribution < -0.4 is 10.7 Å². The highest BCUT2D eigenvalue weighted by atomic mass is 35.5. The van der Waals surface area contributed by atoms with Crippen LogP contribution in [0.25, 0.3) is 0 Å². The quantitative estimate of drug-likeness (QED) is 0.569. The van der Waals surface area contributed by atoms with Gasteiger partial charge in [-0.2, -0.15) is 5.10 Å². The maximum atomic E-state index is 12.3. The third kappa shape index (κ3) is 5.47. The zero-order valence-corrected chi connectivity index (χ0v) is 15.7. The molecule has 0 aliphatic heterocycles. The van der Waals surface area contributed by atoms with Crippen molar-refractivity contribution >= 4 is 46.6 Å². The molecule has 2 aromatic rings. The molecule has 2 amide bonds. The van der Waals surface area contributed by atoms with Crippen molar-refractivity contribution in [3.05, 3.63) is 63.6 Å². The lowest BCUT2D eigenvalue weighted by molar-refractivity contribution is 0.102. The molecule has 0 fully saturated rings. The van der Waals surface area contributed by atoms with Crippen molar-refractivity contribution in [1.29, 1.82) is 0 Å². The van der Waals surface area contributed by atoms with Crippen molar-refractivity contribution in [3.63, 3.8) is 0 Å². The molecule has 0 spiro atoms. The summed E-state index contributed by atoms with van der Waals surface area (Å²) < 4.78 is 4.73. The fourth-order valence-electron chi connectivity index (χ4n) is 2.02. The Morgan fingerprint density at radius 3 is 2.42 bits per heavy atom. The Kier molecular flexibility index (Phi) is 7.00. The smallest absolute Gasteiger partial charge is 0.427 e. The Labute approximate surface area is 161 Å². The molecule has 0 unspecified atom stereocenters. The van der Waals surface area contributed by atoms with Crippen LogP contribution in [0.5, 0.6) is 0 Å². The van der Waals surface area contributed by atoms with Crippen molar-refractivity contribution in [2.24, 2.45) is 5.10 Å². The number of benzene rings is 2. The molecule has 2 N–H and O–H groups in total. The van der Waals surface area contributed by atoms with E-state index in [1.165, 1.54) is 6.07 Å². The first-order valence-corrected chi connectivity index (χ1v) is 8.50. The molecular formula is C18H17Cl2N3O3. The van der Waals surface area contributed by atoms with Crippen LogP contribution in [0, 0.1) is 0 Å². The van der Waals surface area contributed by atoms with Crippen molar-refractivity contribution in [1.82, 2.24) is 5.43 Å². The van der Waals surface area contributed by atoms with Gasteiger partial charge in [0.25, 0.3) is 5.91 Å². The van der Waals surface area contributed by atoms with Crippen LogP contribution in [0.15, 0.2) is 47.6 Å². The number of carbonyl (C=O) groups excluding carboxylic acids is 2. The van der Waals surface area contributed by atoms with Crippen LogP contribution in [0.2, 0.25) is 10.0 Å². The lowest BCUT2D eigenvalue weighted by Crippen LogP contribution is -2.20. The zero-order valence-electron chi connectivity index (χ0n) is 14.2. The van der Waals surface area contributed by atoms with E-state index in [9.17, 15) is 9.59 Å². The van der Waals surface area contributed by atoms with Crippen molar-refractivity contribution < 1.29 is 14.3 Å². The highest BCUT2D eigenvalue weighted by Gasteiger charge is 2.11. The Bertz CT molecular complexity index is 836. The third-order valence-electron chi connectivity index (χ3n) is 3.33. The largest absolute Gasteiger partial charge is 0.449 e. The van der Waals surface area contributed by atoms with Crippen molar-refractivity contribution in [2.75, 3.05) is 11.9 Å². The molecule has 0 bridgehead atoms. The fraction of sp³-hybridized carbons (Fsp3) is 0.167. The highest BCUT2D eigenvalue weighted by molar-refractivity contribution is 6.37. The molecule has 8 heteroatoms.